The lowest BCUT2D eigenvalue weighted by Crippen LogP contribution is -2.49. The number of anilines is 1. The number of halogens is 1. The zero-order valence-electron chi connectivity index (χ0n) is 22.2. The van der Waals surface area contributed by atoms with Gasteiger partial charge in [0.25, 0.3) is 5.91 Å². The molecular formula is C30H31FN4O4. The maximum absolute atomic E-state index is 14.1. The molecule has 2 heterocycles. The Labute approximate surface area is 226 Å². The second kappa shape index (κ2) is 10.9. The first-order valence-electron chi connectivity index (χ1n) is 12.9. The summed E-state index contributed by atoms with van der Waals surface area (Å²) in [4.78, 5) is 33.8. The van der Waals surface area contributed by atoms with E-state index in [1.807, 2.05) is 45.0 Å². The molecule has 9 heteroatoms. The lowest BCUT2D eigenvalue weighted by Gasteiger charge is -2.35. The number of piperazine rings is 1. The summed E-state index contributed by atoms with van der Waals surface area (Å²) in [5, 5.41) is 2.79. The van der Waals surface area contributed by atoms with Crippen molar-refractivity contribution in [2.75, 3.05) is 31.5 Å². The van der Waals surface area contributed by atoms with E-state index in [4.69, 9.17) is 9.15 Å². The zero-order chi connectivity index (χ0) is 27.6. The number of fused-ring (bicyclic) bond motifs is 1. The van der Waals surface area contributed by atoms with Crippen molar-refractivity contribution in [3.63, 3.8) is 0 Å². The van der Waals surface area contributed by atoms with Crippen LogP contribution in [0.15, 0.2) is 71.1 Å². The second-order valence-electron chi connectivity index (χ2n) is 10.5. The number of para-hydroxylation sites is 2. The number of rotatable bonds is 5. The third kappa shape index (κ3) is 6.09. The number of nitrogens with zero attached hydrogens (tertiary/aromatic N) is 3. The van der Waals surface area contributed by atoms with Gasteiger partial charge >= 0.3 is 6.09 Å². The summed E-state index contributed by atoms with van der Waals surface area (Å²) in [6.45, 7) is 8.82. The van der Waals surface area contributed by atoms with E-state index >= 15 is 0 Å². The third-order valence-electron chi connectivity index (χ3n) is 6.44. The highest BCUT2D eigenvalue weighted by molar-refractivity contribution is 6.06. The van der Waals surface area contributed by atoms with Crippen molar-refractivity contribution in [1.82, 2.24) is 14.8 Å². The Balaban J connectivity index is 1.32. The minimum Gasteiger partial charge on any atom is -0.444 e. The van der Waals surface area contributed by atoms with Gasteiger partial charge in [0, 0.05) is 38.3 Å². The van der Waals surface area contributed by atoms with Gasteiger partial charge in [-0.25, -0.2) is 14.2 Å². The summed E-state index contributed by atoms with van der Waals surface area (Å²) in [6.07, 6.45) is -0.287. The Hall–Kier alpha value is -4.24. The van der Waals surface area contributed by atoms with Crippen LogP contribution in [0.1, 0.15) is 36.7 Å². The van der Waals surface area contributed by atoms with E-state index < -0.39 is 17.3 Å². The van der Waals surface area contributed by atoms with Crippen molar-refractivity contribution in [3.8, 4) is 11.5 Å². The zero-order valence-corrected chi connectivity index (χ0v) is 22.2. The van der Waals surface area contributed by atoms with Crippen molar-refractivity contribution in [3.05, 3.63) is 83.7 Å². The van der Waals surface area contributed by atoms with Crippen molar-refractivity contribution < 1.29 is 23.1 Å². The fourth-order valence-corrected chi connectivity index (χ4v) is 4.52. The number of carbonyl (C=O) groups excluding carboxylic acids is 2. The highest BCUT2D eigenvalue weighted by atomic mass is 19.1. The Morgan fingerprint density at radius 2 is 1.69 bits per heavy atom. The number of aromatic nitrogens is 1. The molecule has 0 aliphatic carbocycles. The van der Waals surface area contributed by atoms with E-state index in [1.54, 1.807) is 29.2 Å². The molecule has 8 nitrogen and oxygen atoms in total. The largest absolute Gasteiger partial charge is 0.444 e. The summed E-state index contributed by atoms with van der Waals surface area (Å²) in [6, 6.07) is 18.8. The number of benzene rings is 3. The van der Waals surface area contributed by atoms with Gasteiger partial charge < -0.3 is 19.4 Å². The first-order valence-corrected chi connectivity index (χ1v) is 12.9. The van der Waals surface area contributed by atoms with Gasteiger partial charge in [-0.2, -0.15) is 0 Å². The number of amides is 2. The fourth-order valence-electron chi connectivity index (χ4n) is 4.52. The molecule has 1 saturated heterocycles. The van der Waals surface area contributed by atoms with Crippen LogP contribution in [-0.4, -0.2) is 58.6 Å². The predicted molar refractivity (Wildman–Crippen MR) is 147 cm³/mol. The maximum Gasteiger partial charge on any atom is 0.410 e. The van der Waals surface area contributed by atoms with Gasteiger partial charge in [-0.1, -0.05) is 36.4 Å². The van der Waals surface area contributed by atoms with Crippen LogP contribution in [0.3, 0.4) is 0 Å². The van der Waals surface area contributed by atoms with E-state index in [0.717, 1.165) is 5.56 Å². The number of hydrogen-bond donors (Lipinski definition) is 1. The monoisotopic (exact) mass is 530 g/mol. The smallest absolute Gasteiger partial charge is 0.410 e. The van der Waals surface area contributed by atoms with E-state index in [0.29, 0.717) is 61.0 Å². The predicted octanol–water partition coefficient (Wildman–Crippen LogP) is 5.94. The lowest BCUT2D eigenvalue weighted by atomic mass is 10.1. The van der Waals surface area contributed by atoms with Gasteiger partial charge in [0.2, 0.25) is 5.89 Å². The fraction of sp³-hybridized carbons (Fsp3) is 0.300. The van der Waals surface area contributed by atoms with Gasteiger partial charge in [0.1, 0.15) is 16.9 Å². The molecule has 1 aliphatic heterocycles. The Morgan fingerprint density at radius 1 is 0.974 bits per heavy atom. The standard InChI is InChI=1S/C30H31FN4O4/c1-30(2,3)39-29(37)35-17-15-34(16-18-35)19-20-9-8-14-25-26(20)38-28(33-25)22-11-5-7-13-24(22)32-27(36)21-10-4-6-12-23(21)31/h4-14H,15-19H2,1-3H3,(H,32,36). The van der Waals surface area contributed by atoms with Crippen LogP contribution < -0.4 is 5.32 Å². The van der Waals surface area contributed by atoms with Crippen LogP contribution in [0.25, 0.3) is 22.6 Å². The van der Waals surface area contributed by atoms with Crippen LogP contribution in [0.4, 0.5) is 14.9 Å². The molecule has 5 rings (SSSR count). The van der Waals surface area contributed by atoms with Gasteiger partial charge in [0.05, 0.1) is 16.8 Å². The van der Waals surface area contributed by atoms with Crippen LogP contribution in [0.2, 0.25) is 0 Å². The molecule has 1 aliphatic rings. The molecule has 0 spiro atoms. The van der Waals surface area contributed by atoms with Crippen molar-refractivity contribution in [1.29, 1.82) is 0 Å². The molecule has 0 saturated carbocycles. The molecule has 1 N–H and O–H groups in total. The molecular weight excluding hydrogens is 499 g/mol. The first-order chi connectivity index (χ1) is 18.7. The number of oxazole rings is 1. The SMILES string of the molecule is CC(C)(C)OC(=O)N1CCN(Cc2cccc3nc(-c4ccccc4NC(=O)c4ccccc4F)oc23)CC1. The average Bonchev–Trinajstić information content (AvgIpc) is 3.34. The highest BCUT2D eigenvalue weighted by Crippen LogP contribution is 2.32. The minimum atomic E-state index is -0.592. The topological polar surface area (TPSA) is 87.9 Å². The third-order valence-corrected chi connectivity index (χ3v) is 6.44. The van der Waals surface area contributed by atoms with Gasteiger partial charge in [-0.15, -0.1) is 0 Å². The van der Waals surface area contributed by atoms with Gasteiger partial charge in [-0.05, 0) is 51.1 Å². The maximum atomic E-state index is 14.1. The molecule has 202 valence electrons. The summed E-state index contributed by atoms with van der Waals surface area (Å²) in [5.41, 5.74) is 2.84. The Kier molecular flexibility index (Phi) is 7.34. The van der Waals surface area contributed by atoms with E-state index in [2.05, 4.69) is 15.2 Å². The molecule has 3 aromatic carbocycles. The quantitative estimate of drug-likeness (QED) is 0.344. The summed E-state index contributed by atoms with van der Waals surface area (Å²) >= 11 is 0. The summed E-state index contributed by atoms with van der Waals surface area (Å²) < 4.78 is 25.9. The van der Waals surface area contributed by atoms with Gasteiger partial charge in [-0.3, -0.25) is 9.69 Å². The van der Waals surface area contributed by atoms with Crippen molar-refractivity contribution >= 4 is 28.8 Å². The molecule has 39 heavy (non-hydrogen) atoms. The van der Waals surface area contributed by atoms with E-state index in [-0.39, 0.29) is 11.7 Å². The Bertz CT molecular complexity index is 1500. The Morgan fingerprint density at radius 3 is 2.44 bits per heavy atom. The van der Waals surface area contributed by atoms with Crippen LogP contribution in [0.5, 0.6) is 0 Å². The second-order valence-corrected chi connectivity index (χ2v) is 10.5. The molecule has 0 bridgehead atoms. The van der Waals surface area contributed by atoms with Gasteiger partial charge in [0.15, 0.2) is 5.58 Å². The molecule has 1 fully saturated rings. The van der Waals surface area contributed by atoms with Crippen molar-refractivity contribution in [2.45, 2.75) is 32.9 Å². The molecule has 1 aromatic heterocycles. The van der Waals surface area contributed by atoms with E-state index in [1.165, 1.54) is 18.2 Å². The number of ether oxygens (including phenoxy) is 1. The molecule has 4 aromatic rings. The first kappa shape index (κ1) is 26.4. The van der Waals surface area contributed by atoms with Crippen LogP contribution in [-0.2, 0) is 11.3 Å². The molecule has 0 atom stereocenters. The summed E-state index contributed by atoms with van der Waals surface area (Å²) in [5.74, 6) is -0.787. The normalized spacial score (nSPS) is 14.4. The molecule has 2 amide bonds. The van der Waals surface area contributed by atoms with Crippen LogP contribution >= 0.6 is 0 Å². The molecule has 0 unspecified atom stereocenters. The van der Waals surface area contributed by atoms with E-state index in [9.17, 15) is 14.0 Å². The minimum absolute atomic E-state index is 0.0427. The highest BCUT2D eigenvalue weighted by Gasteiger charge is 2.26. The van der Waals surface area contributed by atoms with Crippen molar-refractivity contribution in [2.24, 2.45) is 0 Å². The number of carbonyl (C=O) groups is 2. The van der Waals surface area contributed by atoms with Crippen LogP contribution in [0, 0.1) is 5.82 Å². The number of nitrogens with one attached hydrogen (secondary N) is 1. The number of hydrogen-bond acceptors (Lipinski definition) is 6. The molecule has 0 radical (unpaired) electrons. The summed E-state index contributed by atoms with van der Waals surface area (Å²) in [7, 11) is 0. The average molecular weight is 531 g/mol. The lowest BCUT2D eigenvalue weighted by molar-refractivity contribution is 0.0139.